The molecular formula is C20H12N4O6S2. The summed E-state index contributed by atoms with van der Waals surface area (Å²) in [6.07, 6.45) is 0. The van der Waals surface area contributed by atoms with Crippen LogP contribution in [0.5, 0.6) is 0 Å². The number of para-hydroxylation sites is 1. The molecule has 4 aromatic rings. The van der Waals surface area contributed by atoms with E-state index in [1.807, 2.05) is 12.1 Å². The molecule has 0 saturated carbocycles. The number of carbonyl (C=O) groups excluding carboxylic acids is 2. The van der Waals surface area contributed by atoms with Crippen LogP contribution in [0.25, 0.3) is 26.5 Å². The van der Waals surface area contributed by atoms with Crippen molar-refractivity contribution in [3.8, 4) is 16.3 Å². The number of pyridine rings is 1. The van der Waals surface area contributed by atoms with Gasteiger partial charge in [0.1, 0.15) is 10.8 Å². The summed E-state index contributed by atoms with van der Waals surface area (Å²) in [5, 5.41) is 2.45. The molecule has 2 aromatic carbocycles. The van der Waals surface area contributed by atoms with Crippen LogP contribution in [-0.2, 0) is 10.1 Å². The number of carbonyl (C=O) groups is 2. The number of benzene rings is 2. The van der Waals surface area contributed by atoms with Gasteiger partial charge in [-0.2, -0.15) is 8.42 Å². The Balaban J connectivity index is 1.85. The Hall–Kier alpha value is -3.87. The van der Waals surface area contributed by atoms with Gasteiger partial charge < -0.3 is 5.73 Å². The number of imide groups is 1. The molecule has 1 aliphatic heterocycles. The number of nitrogen functional groups attached to an aromatic ring is 1. The first-order chi connectivity index (χ1) is 15.1. The summed E-state index contributed by atoms with van der Waals surface area (Å²) in [6, 6.07) is 11.8. The Morgan fingerprint density at radius 3 is 2.47 bits per heavy atom. The summed E-state index contributed by atoms with van der Waals surface area (Å²) in [7, 11) is -4.56. The maximum Gasteiger partial charge on any atom is 0.294 e. The Bertz CT molecular complexity index is 1620. The summed E-state index contributed by atoms with van der Waals surface area (Å²) in [6.45, 7) is 0. The first-order valence-corrected chi connectivity index (χ1v) is 11.3. The molecule has 0 atom stereocenters. The summed E-state index contributed by atoms with van der Waals surface area (Å²) in [4.78, 5) is 41.1. The molecule has 5 rings (SSSR count). The van der Waals surface area contributed by atoms with Crippen LogP contribution in [0, 0.1) is 0 Å². The highest BCUT2D eigenvalue weighted by Crippen LogP contribution is 2.36. The van der Waals surface area contributed by atoms with E-state index >= 15 is 0 Å². The number of nitrogens with zero attached hydrogens (tertiary/aromatic N) is 2. The molecule has 0 aliphatic carbocycles. The lowest BCUT2D eigenvalue weighted by Crippen LogP contribution is -2.24. The molecule has 1 aliphatic rings. The number of hydrogen-bond donors (Lipinski definition) is 3. The van der Waals surface area contributed by atoms with Crippen LogP contribution in [0.1, 0.15) is 20.7 Å². The first-order valence-electron chi connectivity index (χ1n) is 9.04. The van der Waals surface area contributed by atoms with E-state index in [1.54, 1.807) is 12.1 Å². The maximum atomic E-state index is 12.9. The van der Waals surface area contributed by atoms with Crippen LogP contribution >= 0.6 is 11.3 Å². The zero-order valence-corrected chi connectivity index (χ0v) is 17.5. The van der Waals surface area contributed by atoms with Crippen LogP contribution in [0.4, 0.5) is 5.82 Å². The van der Waals surface area contributed by atoms with Crippen molar-refractivity contribution < 1.29 is 22.6 Å². The third-order valence-electron chi connectivity index (χ3n) is 4.98. The van der Waals surface area contributed by atoms with Crippen molar-refractivity contribution in [2.45, 2.75) is 4.90 Å². The van der Waals surface area contributed by atoms with Gasteiger partial charge in [-0.1, -0.05) is 12.1 Å². The second-order valence-corrected chi connectivity index (χ2v) is 9.37. The first kappa shape index (κ1) is 20.1. The van der Waals surface area contributed by atoms with Crippen LogP contribution in [0.3, 0.4) is 0 Å². The van der Waals surface area contributed by atoms with Crippen LogP contribution in [0.2, 0.25) is 0 Å². The summed E-state index contributed by atoms with van der Waals surface area (Å²) in [5.41, 5.74) is 6.12. The van der Waals surface area contributed by atoms with Crippen molar-refractivity contribution in [2.75, 3.05) is 5.73 Å². The van der Waals surface area contributed by atoms with E-state index in [9.17, 15) is 27.4 Å². The lowest BCUT2D eigenvalue weighted by Gasteiger charge is -2.15. The molecular weight excluding hydrogens is 456 g/mol. The molecule has 2 amide bonds. The number of rotatable bonds is 3. The van der Waals surface area contributed by atoms with Gasteiger partial charge >= 0.3 is 0 Å². The minimum absolute atomic E-state index is 0.133. The van der Waals surface area contributed by atoms with Crippen LogP contribution < -0.4 is 16.6 Å². The number of hydrogen-bond acceptors (Lipinski definition) is 8. The molecule has 0 unspecified atom stereocenters. The SMILES string of the molecule is Nc1c2c(cc(=O)n1-c1ccc(S(=O)(=O)O)cc1-c1nc3ccccc3s1)C(=O)NC2=O. The molecule has 2 aromatic heterocycles. The summed E-state index contributed by atoms with van der Waals surface area (Å²) in [5.74, 6) is -1.75. The number of anilines is 1. The van der Waals surface area contributed by atoms with E-state index in [1.165, 1.54) is 23.5 Å². The molecule has 4 N–H and O–H groups in total. The fourth-order valence-corrected chi connectivity index (χ4v) is 5.05. The number of amides is 2. The number of nitrogens with two attached hydrogens (primary N) is 1. The van der Waals surface area contributed by atoms with E-state index in [4.69, 9.17) is 5.73 Å². The fraction of sp³-hybridized carbons (Fsp3) is 0. The number of thiazole rings is 1. The number of aromatic nitrogens is 2. The highest BCUT2D eigenvalue weighted by atomic mass is 32.2. The van der Waals surface area contributed by atoms with Crippen molar-refractivity contribution >= 4 is 49.3 Å². The van der Waals surface area contributed by atoms with E-state index in [-0.39, 0.29) is 28.2 Å². The lowest BCUT2D eigenvalue weighted by atomic mass is 10.1. The highest BCUT2D eigenvalue weighted by molar-refractivity contribution is 7.85. The Morgan fingerprint density at radius 2 is 1.75 bits per heavy atom. The van der Waals surface area contributed by atoms with Gasteiger partial charge in [0, 0.05) is 11.6 Å². The standard InChI is InChI=1S/C20H12N4O6S2/c21-17-16-11(18(26)23-19(16)27)8-15(25)24(17)13-6-5-9(32(28,29)30)7-10(13)20-22-12-3-1-2-4-14(12)31-20/h1-8H,21H2,(H,23,26,27)(H,28,29,30). The van der Waals surface area contributed by atoms with Gasteiger partial charge in [0.2, 0.25) is 0 Å². The lowest BCUT2D eigenvalue weighted by molar-refractivity contribution is 0.0880. The second-order valence-electron chi connectivity index (χ2n) is 6.92. The third-order valence-corrected chi connectivity index (χ3v) is 6.90. The molecule has 0 saturated heterocycles. The van der Waals surface area contributed by atoms with Crippen molar-refractivity contribution in [1.29, 1.82) is 0 Å². The minimum Gasteiger partial charge on any atom is -0.384 e. The molecule has 12 heteroatoms. The zero-order chi connectivity index (χ0) is 22.8. The van der Waals surface area contributed by atoms with E-state index < -0.39 is 32.4 Å². The van der Waals surface area contributed by atoms with E-state index in [0.717, 1.165) is 21.4 Å². The van der Waals surface area contributed by atoms with Crippen LogP contribution in [-0.4, -0.2) is 34.3 Å². The summed E-state index contributed by atoms with van der Waals surface area (Å²) >= 11 is 1.24. The smallest absolute Gasteiger partial charge is 0.294 e. The minimum atomic E-state index is -4.56. The van der Waals surface area contributed by atoms with E-state index in [0.29, 0.717) is 10.5 Å². The van der Waals surface area contributed by atoms with Crippen molar-refractivity contribution in [1.82, 2.24) is 14.9 Å². The zero-order valence-electron chi connectivity index (χ0n) is 15.9. The molecule has 10 nitrogen and oxygen atoms in total. The average Bonchev–Trinajstić information content (AvgIpc) is 3.28. The molecule has 160 valence electrons. The van der Waals surface area contributed by atoms with Crippen molar-refractivity contribution in [3.63, 3.8) is 0 Å². The molecule has 32 heavy (non-hydrogen) atoms. The third kappa shape index (κ3) is 3.00. The Kier molecular flexibility index (Phi) is 4.27. The Morgan fingerprint density at radius 1 is 1.00 bits per heavy atom. The highest BCUT2D eigenvalue weighted by Gasteiger charge is 2.32. The predicted octanol–water partition coefficient (Wildman–Crippen LogP) is 1.83. The van der Waals surface area contributed by atoms with E-state index in [2.05, 4.69) is 10.3 Å². The largest absolute Gasteiger partial charge is 0.384 e. The molecule has 0 fully saturated rings. The topological polar surface area (TPSA) is 161 Å². The normalized spacial score (nSPS) is 13.4. The van der Waals surface area contributed by atoms with Gasteiger partial charge in [0.05, 0.1) is 31.9 Å². The molecule has 3 heterocycles. The second kappa shape index (κ2) is 6.82. The van der Waals surface area contributed by atoms with Crippen molar-refractivity contribution in [3.05, 3.63) is 70.0 Å². The molecule has 0 bridgehead atoms. The van der Waals surface area contributed by atoms with Gasteiger partial charge in [-0.25, -0.2) is 4.98 Å². The fourth-order valence-electron chi connectivity index (χ4n) is 3.56. The Labute approximate surface area is 183 Å². The maximum absolute atomic E-state index is 12.9. The number of nitrogens with one attached hydrogen (secondary N) is 1. The summed E-state index contributed by atoms with van der Waals surface area (Å²) < 4.78 is 34.9. The van der Waals surface area contributed by atoms with Gasteiger partial charge in [-0.15, -0.1) is 11.3 Å². The van der Waals surface area contributed by atoms with Crippen molar-refractivity contribution in [2.24, 2.45) is 0 Å². The van der Waals surface area contributed by atoms with Gasteiger partial charge in [-0.3, -0.25) is 28.8 Å². The molecule has 0 radical (unpaired) electrons. The van der Waals surface area contributed by atoms with Gasteiger partial charge in [-0.05, 0) is 30.3 Å². The average molecular weight is 468 g/mol. The number of fused-ring (bicyclic) bond motifs is 2. The monoisotopic (exact) mass is 468 g/mol. The van der Waals surface area contributed by atoms with Gasteiger partial charge in [0.15, 0.2) is 0 Å². The van der Waals surface area contributed by atoms with Gasteiger partial charge in [0.25, 0.3) is 27.5 Å². The van der Waals surface area contributed by atoms with Crippen LogP contribution in [0.15, 0.2) is 58.2 Å². The molecule has 0 spiro atoms. The predicted molar refractivity (Wildman–Crippen MR) is 117 cm³/mol. The quantitative estimate of drug-likeness (QED) is 0.303.